The quantitative estimate of drug-likeness (QED) is 0.424. The molecule has 1 heterocycles. The van der Waals surface area contributed by atoms with Gasteiger partial charge in [-0.1, -0.05) is 6.07 Å². The molecule has 3 aromatic rings. The molecule has 0 spiro atoms. The second-order valence-corrected chi connectivity index (χ2v) is 6.51. The van der Waals surface area contributed by atoms with Crippen LogP contribution in [0.4, 0.5) is 0 Å². The molecule has 2 aromatic carbocycles. The zero-order valence-corrected chi connectivity index (χ0v) is 14.9. The summed E-state index contributed by atoms with van der Waals surface area (Å²) >= 11 is 2.21. The minimum absolute atomic E-state index is 0.278. The van der Waals surface area contributed by atoms with Gasteiger partial charge in [0.25, 0.3) is 0 Å². The first kappa shape index (κ1) is 15.9. The van der Waals surface area contributed by atoms with Gasteiger partial charge in [0.1, 0.15) is 17.8 Å². The van der Waals surface area contributed by atoms with Crippen molar-refractivity contribution in [1.82, 2.24) is 3.97 Å². The number of hydrogen-bond acceptors (Lipinski definition) is 4. The van der Waals surface area contributed by atoms with Crippen molar-refractivity contribution in [2.24, 2.45) is 0 Å². The Morgan fingerprint density at radius 1 is 1.30 bits per heavy atom. The number of carbonyl (C=O) groups is 1. The van der Waals surface area contributed by atoms with E-state index in [0.29, 0.717) is 17.1 Å². The lowest BCUT2D eigenvalue weighted by Crippen LogP contribution is -1.95. The summed E-state index contributed by atoms with van der Waals surface area (Å²) < 4.78 is 7.96. The Hall–Kier alpha value is -1.98. The number of carbonyl (C=O) groups excluding carboxylic acids is 1. The Bertz CT molecular complexity index is 915. The average Bonchev–Trinajstić information content (AvgIpc) is 3.00. The maximum Gasteiger partial charge on any atom is 0.131 e. The first-order valence-corrected chi connectivity index (χ1v) is 10.1. The third-order valence-corrected chi connectivity index (χ3v) is 5.20. The van der Waals surface area contributed by atoms with E-state index < -0.39 is 0 Å². The maximum atomic E-state index is 11.1. The van der Waals surface area contributed by atoms with Crippen molar-refractivity contribution in [3.63, 3.8) is 0 Å². The van der Waals surface area contributed by atoms with Crippen molar-refractivity contribution < 1.29 is 9.53 Å². The summed E-state index contributed by atoms with van der Waals surface area (Å²) in [6, 6.07) is 14.9. The highest BCUT2D eigenvalue weighted by molar-refractivity contribution is 14.2. The molecule has 0 saturated heterocycles. The Balaban J connectivity index is 2.07. The monoisotopic (exact) mass is 434 g/mol. The van der Waals surface area contributed by atoms with Gasteiger partial charge in [0, 0.05) is 53.9 Å². The van der Waals surface area contributed by atoms with Crippen molar-refractivity contribution in [2.75, 3.05) is 0 Å². The van der Waals surface area contributed by atoms with Crippen molar-refractivity contribution in [3.8, 4) is 17.6 Å². The van der Waals surface area contributed by atoms with E-state index in [-0.39, 0.29) is 6.42 Å². The van der Waals surface area contributed by atoms with Gasteiger partial charge in [0.2, 0.25) is 0 Å². The van der Waals surface area contributed by atoms with Crippen LogP contribution >= 0.6 is 30.3 Å². The van der Waals surface area contributed by atoms with Crippen molar-refractivity contribution >= 4 is 47.5 Å². The number of benzene rings is 2. The number of fused-ring (bicyclic) bond motifs is 1. The zero-order valence-electron chi connectivity index (χ0n) is 11.9. The van der Waals surface area contributed by atoms with Crippen molar-refractivity contribution in [1.29, 1.82) is 5.26 Å². The number of halogens is 1. The highest BCUT2D eigenvalue weighted by Gasteiger charge is 2.13. The van der Waals surface area contributed by atoms with Crippen LogP contribution in [0.15, 0.2) is 48.7 Å². The fraction of sp³-hybridized carbons (Fsp3) is 0.0588. The summed E-state index contributed by atoms with van der Waals surface area (Å²) in [5.41, 5.74) is 2.43. The molecule has 0 bridgehead atoms. The highest BCUT2D eigenvalue weighted by Crippen LogP contribution is 2.34. The lowest BCUT2D eigenvalue weighted by atomic mass is 10.1. The van der Waals surface area contributed by atoms with E-state index in [1.54, 1.807) is 33.4 Å². The van der Waals surface area contributed by atoms with E-state index in [1.807, 2.05) is 28.4 Å². The molecule has 0 amide bonds. The van der Waals surface area contributed by atoms with Crippen LogP contribution in [0, 0.1) is 11.3 Å². The number of hydrogen-bond donors (Lipinski definition) is 0. The smallest absolute Gasteiger partial charge is 0.131 e. The van der Waals surface area contributed by atoms with E-state index in [9.17, 15) is 4.79 Å². The lowest BCUT2D eigenvalue weighted by molar-refractivity contribution is -0.107. The molecule has 114 valence electrons. The van der Waals surface area contributed by atoms with Crippen LogP contribution in [-0.2, 0) is 11.2 Å². The van der Waals surface area contributed by atoms with Crippen LogP contribution in [0.2, 0.25) is 0 Å². The van der Waals surface area contributed by atoms with Crippen LogP contribution in [0.3, 0.4) is 0 Å². The van der Waals surface area contributed by atoms with Crippen LogP contribution < -0.4 is 4.74 Å². The molecule has 0 aliphatic carbocycles. The average molecular weight is 434 g/mol. The second kappa shape index (κ2) is 7.06. The van der Waals surface area contributed by atoms with E-state index in [4.69, 9.17) is 10.00 Å². The molecule has 0 aliphatic heterocycles. The number of aromatic nitrogens is 1. The van der Waals surface area contributed by atoms with Gasteiger partial charge in [0.15, 0.2) is 0 Å². The Kier molecular flexibility index (Phi) is 4.88. The Morgan fingerprint density at radius 2 is 2.17 bits per heavy atom. The SMILES string of the molecule is N#Cc1cccc(Oc2ccc3c(ccn3SI)c2CC=O)c1. The predicted octanol–water partition coefficient (Wildman–Crippen LogP) is 4.89. The lowest BCUT2D eigenvalue weighted by Gasteiger charge is -2.11. The van der Waals surface area contributed by atoms with Gasteiger partial charge in [-0.05, 0) is 36.4 Å². The molecule has 0 saturated carbocycles. The summed E-state index contributed by atoms with van der Waals surface area (Å²) in [7, 11) is 1.57. The van der Waals surface area contributed by atoms with Crippen LogP contribution in [0.5, 0.6) is 11.5 Å². The molecule has 23 heavy (non-hydrogen) atoms. The van der Waals surface area contributed by atoms with Gasteiger partial charge >= 0.3 is 0 Å². The van der Waals surface area contributed by atoms with Gasteiger partial charge in [-0.15, -0.1) is 0 Å². The van der Waals surface area contributed by atoms with Crippen LogP contribution in [-0.4, -0.2) is 10.3 Å². The molecule has 0 unspecified atom stereocenters. The molecule has 0 aliphatic rings. The Morgan fingerprint density at radius 3 is 2.91 bits per heavy atom. The summed E-state index contributed by atoms with van der Waals surface area (Å²) in [5, 5.41) is 9.98. The standard InChI is InChI=1S/C17H11IN2O2S/c18-23-20-8-6-14-15(7-9-21)17(5-4-16(14)20)22-13-3-1-2-12(10-13)11-19/h1-6,8-10H,7H2. The number of nitrogens with zero attached hydrogens (tertiary/aromatic N) is 2. The molecule has 0 N–H and O–H groups in total. The molecular formula is C17H11IN2O2S. The number of ether oxygens (including phenoxy) is 1. The van der Waals surface area contributed by atoms with Gasteiger partial charge in [-0.25, -0.2) is 0 Å². The Labute approximate surface area is 149 Å². The molecule has 1 aromatic heterocycles. The maximum absolute atomic E-state index is 11.1. The topological polar surface area (TPSA) is 55.0 Å². The number of aldehydes is 1. The van der Waals surface area contributed by atoms with E-state index in [1.165, 1.54) is 0 Å². The second-order valence-electron chi connectivity index (χ2n) is 4.80. The third-order valence-electron chi connectivity index (χ3n) is 3.46. The highest BCUT2D eigenvalue weighted by atomic mass is 127. The molecular weight excluding hydrogens is 423 g/mol. The normalized spacial score (nSPS) is 10.4. The first-order valence-electron chi connectivity index (χ1n) is 6.80. The molecule has 0 fully saturated rings. The zero-order chi connectivity index (χ0) is 16.2. The van der Waals surface area contributed by atoms with E-state index in [2.05, 4.69) is 27.3 Å². The number of nitriles is 1. The van der Waals surface area contributed by atoms with Gasteiger partial charge < -0.3 is 9.53 Å². The van der Waals surface area contributed by atoms with Gasteiger partial charge in [-0.2, -0.15) is 5.26 Å². The fourth-order valence-electron chi connectivity index (χ4n) is 2.44. The predicted molar refractivity (Wildman–Crippen MR) is 99.9 cm³/mol. The largest absolute Gasteiger partial charge is 0.457 e. The van der Waals surface area contributed by atoms with Crippen molar-refractivity contribution in [2.45, 2.75) is 6.42 Å². The minimum Gasteiger partial charge on any atom is -0.457 e. The summed E-state index contributed by atoms with van der Waals surface area (Å²) in [6.45, 7) is 0. The minimum atomic E-state index is 0.278. The summed E-state index contributed by atoms with van der Waals surface area (Å²) in [6.07, 6.45) is 3.12. The molecule has 3 rings (SSSR count). The van der Waals surface area contributed by atoms with E-state index in [0.717, 1.165) is 22.8 Å². The molecule has 6 heteroatoms. The fourth-order valence-corrected chi connectivity index (χ4v) is 3.81. The summed E-state index contributed by atoms with van der Waals surface area (Å²) in [5.74, 6) is 1.22. The van der Waals surface area contributed by atoms with Crippen LogP contribution in [0.1, 0.15) is 11.1 Å². The first-order chi connectivity index (χ1) is 11.3. The molecule has 0 radical (unpaired) electrons. The van der Waals surface area contributed by atoms with E-state index >= 15 is 0 Å². The summed E-state index contributed by atoms with van der Waals surface area (Å²) in [4.78, 5) is 11.1. The number of rotatable bonds is 5. The van der Waals surface area contributed by atoms with Crippen LogP contribution in [0.25, 0.3) is 10.9 Å². The van der Waals surface area contributed by atoms with Gasteiger partial charge in [0.05, 0.1) is 17.1 Å². The molecule has 4 nitrogen and oxygen atoms in total. The van der Waals surface area contributed by atoms with Crippen molar-refractivity contribution in [3.05, 3.63) is 59.8 Å². The third kappa shape index (κ3) is 3.21. The molecule has 0 atom stereocenters. The van der Waals surface area contributed by atoms with Gasteiger partial charge in [-0.3, -0.25) is 3.97 Å².